The molecule has 1 aliphatic heterocycles. The van der Waals surface area contributed by atoms with Gasteiger partial charge in [-0.1, -0.05) is 13.8 Å². The lowest BCUT2D eigenvalue weighted by molar-refractivity contribution is -0.125. The number of hydrogen-bond donors (Lipinski definition) is 2. The number of nitrogens with one attached hydrogen (secondary N) is 2. The van der Waals surface area contributed by atoms with Crippen LogP contribution in [0.1, 0.15) is 60.3 Å². The second-order valence-corrected chi connectivity index (χ2v) is 7.40. The Morgan fingerprint density at radius 1 is 1.32 bits per heavy atom. The highest BCUT2D eigenvalue weighted by Gasteiger charge is 2.46. The van der Waals surface area contributed by atoms with Crippen LogP contribution in [0, 0.1) is 11.8 Å². The maximum atomic E-state index is 12.3. The van der Waals surface area contributed by atoms with E-state index in [1.165, 1.54) is 0 Å². The van der Waals surface area contributed by atoms with Gasteiger partial charge in [-0.05, 0) is 58.3 Å². The van der Waals surface area contributed by atoms with Crippen LogP contribution in [-0.4, -0.2) is 22.9 Å². The smallest absolute Gasteiger partial charge is 0.254 e. The Hall–Kier alpha value is -1.06. The Labute approximate surface area is 116 Å². The lowest BCUT2D eigenvalue weighted by Crippen LogP contribution is -2.48. The van der Waals surface area contributed by atoms with Crippen molar-refractivity contribution >= 4 is 11.9 Å². The molecule has 2 rings (SSSR count). The molecule has 0 unspecified atom stereocenters. The molecule has 19 heavy (non-hydrogen) atoms. The predicted molar refractivity (Wildman–Crippen MR) is 78.0 cm³/mol. The molecule has 1 fully saturated rings. The number of carbonyl (C=O) groups is 1. The van der Waals surface area contributed by atoms with Crippen LogP contribution < -0.4 is 10.6 Å². The molecule has 0 radical (unpaired) electrons. The van der Waals surface area contributed by atoms with Gasteiger partial charge >= 0.3 is 0 Å². The van der Waals surface area contributed by atoms with Crippen LogP contribution in [-0.2, 0) is 4.79 Å². The number of guanidine groups is 1. The van der Waals surface area contributed by atoms with E-state index < -0.39 is 5.54 Å². The zero-order valence-corrected chi connectivity index (χ0v) is 12.8. The maximum absolute atomic E-state index is 12.3. The molecule has 1 aliphatic carbocycles. The predicted octanol–water partition coefficient (Wildman–Crippen LogP) is 2.45. The van der Waals surface area contributed by atoms with Crippen LogP contribution in [0.4, 0.5) is 0 Å². The fourth-order valence-electron chi connectivity index (χ4n) is 3.05. The summed E-state index contributed by atoms with van der Waals surface area (Å²) >= 11 is 0. The molecular formula is C15H27N3O. The van der Waals surface area contributed by atoms with Gasteiger partial charge in [0.1, 0.15) is 5.54 Å². The molecule has 1 amide bonds. The van der Waals surface area contributed by atoms with Crippen LogP contribution in [0.3, 0.4) is 0 Å². The molecule has 2 N–H and O–H groups in total. The number of aliphatic imine (C=N–C) groups is 1. The second kappa shape index (κ2) is 4.80. The molecular weight excluding hydrogens is 238 g/mol. The number of amides is 1. The molecule has 1 saturated carbocycles. The first kappa shape index (κ1) is 14.4. The number of nitrogens with zero attached hydrogens (tertiary/aromatic N) is 1. The van der Waals surface area contributed by atoms with Crippen molar-refractivity contribution in [1.82, 2.24) is 10.6 Å². The molecule has 0 bridgehead atoms. The minimum Gasteiger partial charge on any atom is -0.351 e. The van der Waals surface area contributed by atoms with Crippen LogP contribution in [0.15, 0.2) is 4.99 Å². The van der Waals surface area contributed by atoms with E-state index in [4.69, 9.17) is 0 Å². The summed E-state index contributed by atoms with van der Waals surface area (Å²) < 4.78 is 0. The fourth-order valence-corrected chi connectivity index (χ4v) is 3.05. The highest BCUT2D eigenvalue weighted by molar-refractivity contribution is 6.07. The van der Waals surface area contributed by atoms with Crippen molar-refractivity contribution in [2.75, 3.05) is 0 Å². The first-order valence-corrected chi connectivity index (χ1v) is 7.41. The minimum absolute atomic E-state index is 0.0766. The Morgan fingerprint density at radius 2 is 1.89 bits per heavy atom. The Balaban J connectivity index is 2.06. The third kappa shape index (κ3) is 3.10. The largest absolute Gasteiger partial charge is 0.351 e. The highest BCUT2D eigenvalue weighted by atomic mass is 16.2. The van der Waals surface area contributed by atoms with Crippen molar-refractivity contribution in [2.45, 2.75) is 71.4 Å². The van der Waals surface area contributed by atoms with Gasteiger partial charge < -0.3 is 5.32 Å². The molecule has 0 aromatic carbocycles. The molecule has 108 valence electrons. The van der Waals surface area contributed by atoms with Gasteiger partial charge in [-0.2, -0.15) is 0 Å². The molecule has 0 aromatic heterocycles. The highest BCUT2D eigenvalue weighted by Crippen LogP contribution is 2.39. The van der Waals surface area contributed by atoms with E-state index in [9.17, 15) is 4.79 Å². The normalized spacial score (nSPS) is 31.6. The molecule has 1 heterocycles. The van der Waals surface area contributed by atoms with E-state index in [-0.39, 0.29) is 11.4 Å². The van der Waals surface area contributed by atoms with Crippen molar-refractivity contribution in [3.05, 3.63) is 0 Å². The quantitative estimate of drug-likeness (QED) is 0.765. The molecule has 4 heteroatoms. The van der Waals surface area contributed by atoms with Crippen LogP contribution in [0.5, 0.6) is 0 Å². The fraction of sp³-hybridized carbons (Fsp3) is 0.867. The van der Waals surface area contributed by atoms with E-state index in [2.05, 4.69) is 50.2 Å². The number of carbonyl (C=O) groups excluding carboxylic acids is 1. The van der Waals surface area contributed by atoms with E-state index in [0.29, 0.717) is 11.9 Å². The SMILES string of the molecule is CC(C)C1CCC2(CC1)N=C(NC(C)(C)C)NC2=O. The molecule has 1 spiro atoms. The summed E-state index contributed by atoms with van der Waals surface area (Å²) in [6, 6.07) is 0. The summed E-state index contributed by atoms with van der Waals surface area (Å²) in [5.41, 5.74) is -0.564. The lowest BCUT2D eigenvalue weighted by Gasteiger charge is -2.34. The van der Waals surface area contributed by atoms with Gasteiger partial charge in [0.05, 0.1) is 0 Å². The van der Waals surface area contributed by atoms with E-state index >= 15 is 0 Å². The number of hydrogen-bond acceptors (Lipinski definition) is 3. The summed E-state index contributed by atoms with van der Waals surface area (Å²) in [6.07, 6.45) is 3.99. The van der Waals surface area contributed by atoms with E-state index in [1.807, 2.05) is 0 Å². The van der Waals surface area contributed by atoms with Crippen molar-refractivity contribution in [3.63, 3.8) is 0 Å². The van der Waals surface area contributed by atoms with Crippen LogP contribution >= 0.6 is 0 Å². The maximum Gasteiger partial charge on any atom is 0.254 e. The lowest BCUT2D eigenvalue weighted by atomic mass is 9.73. The molecule has 0 atom stereocenters. The topological polar surface area (TPSA) is 53.5 Å². The van der Waals surface area contributed by atoms with Crippen molar-refractivity contribution < 1.29 is 4.79 Å². The summed E-state index contributed by atoms with van der Waals surface area (Å²) in [6.45, 7) is 10.8. The first-order chi connectivity index (χ1) is 8.72. The van der Waals surface area contributed by atoms with Gasteiger partial charge in [-0.3, -0.25) is 10.1 Å². The van der Waals surface area contributed by atoms with Gasteiger partial charge in [0, 0.05) is 5.54 Å². The standard InChI is InChI=1S/C15H27N3O/c1-10(2)11-6-8-15(9-7-11)12(19)16-13(18-15)17-14(3,4)5/h10-11H,6-9H2,1-5H3,(H2,16,17,18,19). The van der Waals surface area contributed by atoms with Crippen molar-refractivity contribution in [3.8, 4) is 0 Å². The monoisotopic (exact) mass is 265 g/mol. The first-order valence-electron chi connectivity index (χ1n) is 7.41. The van der Waals surface area contributed by atoms with Gasteiger partial charge in [-0.25, -0.2) is 4.99 Å². The van der Waals surface area contributed by atoms with Gasteiger partial charge in [0.15, 0.2) is 5.96 Å². The van der Waals surface area contributed by atoms with Gasteiger partial charge in [0.2, 0.25) is 0 Å². The zero-order chi connectivity index (χ0) is 14.3. The molecule has 4 nitrogen and oxygen atoms in total. The third-order valence-corrected chi connectivity index (χ3v) is 4.27. The van der Waals surface area contributed by atoms with E-state index in [1.54, 1.807) is 0 Å². The Bertz CT molecular complexity index is 385. The summed E-state index contributed by atoms with van der Waals surface area (Å²) in [7, 11) is 0. The van der Waals surface area contributed by atoms with E-state index in [0.717, 1.165) is 31.6 Å². The minimum atomic E-state index is -0.487. The summed E-state index contributed by atoms with van der Waals surface area (Å²) in [5, 5.41) is 6.19. The van der Waals surface area contributed by atoms with Crippen molar-refractivity contribution in [1.29, 1.82) is 0 Å². The summed E-state index contributed by atoms with van der Waals surface area (Å²) in [4.78, 5) is 16.9. The third-order valence-electron chi connectivity index (χ3n) is 4.27. The average molecular weight is 265 g/mol. The van der Waals surface area contributed by atoms with Crippen LogP contribution in [0.2, 0.25) is 0 Å². The van der Waals surface area contributed by atoms with Crippen LogP contribution in [0.25, 0.3) is 0 Å². The van der Waals surface area contributed by atoms with Gasteiger partial charge in [-0.15, -0.1) is 0 Å². The molecule has 2 aliphatic rings. The molecule has 0 aromatic rings. The Morgan fingerprint density at radius 3 is 2.37 bits per heavy atom. The Kier molecular flexibility index (Phi) is 3.63. The average Bonchev–Trinajstić information content (AvgIpc) is 2.53. The molecule has 0 saturated heterocycles. The second-order valence-electron chi connectivity index (χ2n) is 7.40. The van der Waals surface area contributed by atoms with Crippen molar-refractivity contribution in [2.24, 2.45) is 16.8 Å². The number of rotatable bonds is 1. The zero-order valence-electron chi connectivity index (χ0n) is 12.8. The van der Waals surface area contributed by atoms with Gasteiger partial charge in [0.25, 0.3) is 5.91 Å². The summed E-state index contributed by atoms with van der Waals surface area (Å²) in [5.74, 6) is 2.19.